The van der Waals surface area contributed by atoms with Gasteiger partial charge >= 0.3 is 0 Å². The van der Waals surface area contributed by atoms with E-state index in [-0.39, 0.29) is 0 Å². The molecule has 10 rings (SSSR count). The number of benzene rings is 7. The van der Waals surface area contributed by atoms with Gasteiger partial charge in [-0.3, -0.25) is 0 Å². The van der Waals surface area contributed by atoms with Gasteiger partial charge in [0.1, 0.15) is 22.3 Å². The summed E-state index contributed by atoms with van der Waals surface area (Å²) in [5, 5.41) is 6.96. The molecule has 0 atom stereocenters. The minimum Gasteiger partial charge on any atom is -0.456 e. The van der Waals surface area contributed by atoms with E-state index in [1.807, 2.05) is 12.1 Å². The lowest BCUT2D eigenvalue weighted by molar-refractivity contribution is 0.668. The lowest BCUT2D eigenvalue weighted by Crippen LogP contribution is -1.93. The van der Waals surface area contributed by atoms with Gasteiger partial charge in [-0.1, -0.05) is 84.9 Å². The lowest BCUT2D eigenvalue weighted by Gasteiger charge is -2.09. The number of nitrogens with zero attached hydrogens (tertiary/aromatic N) is 1. The van der Waals surface area contributed by atoms with Crippen LogP contribution < -0.4 is 0 Å². The fraction of sp³-hybridized carbons (Fsp3) is 0. The van der Waals surface area contributed by atoms with E-state index < -0.39 is 0 Å². The summed E-state index contributed by atoms with van der Waals surface area (Å²) in [5.41, 5.74) is 11.8. The van der Waals surface area contributed by atoms with Crippen LogP contribution in [0.1, 0.15) is 0 Å². The monoisotopic (exact) mass is 575 g/mol. The fourth-order valence-corrected chi connectivity index (χ4v) is 7.05. The highest BCUT2D eigenvalue weighted by molar-refractivity contribution is 6.12. The first-order valence-corrected chi connectivity index (χ1v) is 15.3. The summed E-state index contributed by atoms with van der Waals surface area (Å²) in [6.07, 6.45) is 0. The molecule has 3 aromatic heterocycles. The Labute approximate surface area is 258 Å². The molecule has 0 saturated carbocycles. The summed E-state index contributed by atoms with van der Waals surface area (Å²) >= 11 is 0. The molecule has 0 radical (unpaired) electrons. The average Bonchev–Trinajstić information content (AvgIpc) is 3.77. The van der Waals surface area contributed by atoms with Crippen molar-refractivity contribution in [2.75, 3.05) is 0 Å². The van der Waals surface area contributed by atoms with Gasteiger partial charge in [-0.15, -0.1) is 0 Å². The van der Waals surface area contributed by atoms with Gasteiger partial charge in [-0.2, -0.15) is 0 Å². The Balaban J connectivity index is 1.15. The van der Waals surface area contributed by atoms with E-state index >= 15 is 0 Å². The summed E-state index contributed by atoms with van der Waals surface area (Å²) in [7, 11) is 0. The molecular weight excluding hydrogens is 550 g/mol. The van der Waals surface area contributed by atoms with Crippen LogP contribution in [0, 0.1) is 0 Å². The molecule has 0 aliphatic carbocycles. The van der Waals surface area contributed by atoms with E-state index in [1.54, 1.807) is 0 Å². The van der Waals surface area contributed by atoms with Crippen molar-refractivity contribution in [2.45, 2.75) is 0 Å². The molecule has 3 nitrogen and oxygen atoms in total. The largest absolute Gasteiger partial charge is 0.456 e. The molecule has 0 amide bonds. The second-order valence-electron chi connectivity index (χ2n) is 11.8. The SMILES string of the molecule is c1ccc(-c2ccc3c(c2)c2ccccc2n3-c2ccc3oc4ccc(-c5ccc6oc7ccccc7c6c5)cc4c3c2)cc1. The second-order valence-corrected chi connectivity index (χ2v) is 11.8. The molecule has 0 aliphatic heterocycles. The van der Waals surface area contributed by atoms with Crippen molar-refractivity contribution in [3.05, 3.63) is 152 Å². The number of furan rings is 2. The zero-order valence-corrected chi connectivity index (χ0v) is 24.2. The summed E-state index contributed by atoms with van der Waals surface area (Å²) < 4.78 is 14.8. The molecule has 0 N–H and O–H groups in total. The molecule has 0 unspecified atom stereocenters. The second kappa shape index (κ2) is 9.22. The molecule has 0 fully saturated rings. The van der Waals surface area contributed by atoms with Crippen LogP contribution in [-0.2, 0) is 0 Å². The predicted molar refractivity (Wildman–Crippen MR) is 186 cm³/mol. The van der Waals surface area contributed by atoms with Crippen LogP contribution >= 0.6 is 0 Å². The van der Waals surface area contributed by atoms with Crippen LogP contribution in [-0.4, -0.2) is 4.57 Å². The summed E-state index contributed by atoms with van der Waals surface area (Å²) in [6, 6.07) is 53.8. The standard InChI is InChI=1S/C42H25NO2/c1-2-8-26(9-3-1)27-14-18-38-33(22-27)31-10-4-6-12-37(31)43(38)30-17-21-42-36(25-30)35-24-29(16-20-41(35)45-42)28-15-19-40-34(23-28)32-11-5-7-13-39(32)44-40/h1-25H. The first kappa shape index (κ1) is 24.4. The van der Waals surface area contributed by atoms with Crippen molar-refractivity contribution in [1.82, 2.24) is 4.57 Å². The third kappa shape index (κ3) is 3.65. The molecule has 7 aromatic carbocycles. The summed E-state index contributed by atoms with van der Waals surface area (Å²) in [5.74, 6) is 0. The van der Waals surface area contributed by atoms with Crippen molar-refractivity contribution < 1.29 is 8.83 Å². The molecule has 10 aromatic rings. The van der Waals surface area contributed by atoms with Gasteiger partial charge in [-0.05, 0) is 89.0 Å². The predicted octanol–water partition coefficient (Wildman–Crippen LogP) is 11.9. The van der Waals surface area contributed by atoms with Gasteiger partial charge in [0, 0.05) is 38.0 Å². The van der Waals surface area contributed by atoms with E-state index in [2.05, 4.69) is 144 Å². The number of aromatic nitrogens is 1. The third-order valence-corrected chi connectivity index (χ3v) is 9.20. The zero-order valence-electron chi connectivity index (χ0n) is 24.2. The molecule has 0 spiro atoms. The maximum Gasteiger partial charge on any atom is 0.135 e. The molecule has 3 heterocycles. The van der Waals surface area contributed by atoms with Crippen LogP contribution in [0.15, 0.2) is 160 Å². The molecule has 210 valence electrons. The Morgan fingerprint density at radius 3 is 1.60 bits per heavy atom. The van der Waals surface area contributed by atoms with E-state index in [0.29, 0.717) is 0 Å². The molecular formula is C42H25NO2. The van der Waals surface area contributed by atoms with Crippen LogP contribution in [0.3, 0.4) is 0 Å². The highest BCUT2D eigenvalue weighted by atomic mass is 16.3. The Hall–Kier alpha value is -6.06. The first-order chi connectivity index (χ1) is 22.3. The third-order valence-electron chi connectivity index (χ3n) is 9.20. The average molecular weight is 576 g/mol. The van der Waals surface area contributed by atoms with Crippen LogP contribution in [0.2, 0.25) is 0 Å². The molecule has 45 heavy (non-hydrogen) atoms. The van der Waals surface area contributed by atoms with Crippen LogP contribution in [0.4, 0.5) is 0 Å². The van der Waals surface area contributed by atoms with E-state index in [4.69, 9.17) is 8.83 Å². The maximum atomic E-state index is 6.35. The minimum absolute atomic E-state index is 0.884. The van der Waals surface area contributed by atoms with Crippen LogP contribution in [0.5, 0.6) is 0 Å². The van der Waals surface area contributed by atoms with E-state index in [1.165, 1.54) is 32.9 Å². The van der Waals surface area contributed by atoms with Crippen molar-refractivity contribution in [1.29, 1.82) is 0 Å². The summed E-state index contributed by atoms with van der Waals surface area (Å²) in [4.78, 5) is 0. The zero-order chi connectivity index (χ0) is 29.5. The minimum atomic E-state index is 0.884. The molecule has 0 aliphatic rings. The smallest absolute Gasteiger partial charge is 0.135 e. The summed E-state index contributed by atoms with van der Waals surface area (Å²) in [6.45, 7) is 0. The van der Waals surface area contributed by atoms with Crippen LogP contribution in [0.25, 0.3) is 93.6 Å². The van der Waals surface area contributed by atoms with Gasteiger partial charge in [-0.25, -0.2) is 0 Å². The maximum absolute atomic E-state index is 6.35. The van der Waals surface area contributed by atoms with Gasteiger partial charge in [0.15, 0.2) is 0 Å². The number of hydrogen-bond donors (Lipinski definition) is 0. The molecule has 0 saturated heterocycles. The highest BCUT2D eigenvalue weighted by Crippen LogP contribution is 2.39. The number of hydrogen-bond acceptors (Lipinski definition) is 2. The van der Waals surface area contributed by atoms with E-state index in [0.717, 1.165) is 60.7 Å². The van der Waals surface area contributed by atoms with Gasteiger partial charge in [0.05, 0.1) is 11.0 Å². The Kier molecular flexibility index (Phi) is 5.00. The van der Waals surface area contributed by atoms with Crippen molar-refractivity contribution in [3.63, 3.8) is 0 Å². The van der Waals surface area contributed by atoms with Gasteiger partial charge < -0.3 is 13.4 Å². The number of rotatable bonds is 3. The Morgan fingerprint density at radius 2 is 0.822 bits per heavy atom. The Bertz CT molecular complexity index is 2760. The number of fused-ring (bicyclic) bond motifs is 9. The highest BCUT2D eigenvalue weighted by Gasteiger charge is 2.16. The first-order valence-electron chi connectivity index (χ1n) is 15.3. The number of para-hydroxylation sites is 2. The van der Waals surface area contributed by atoms with Gasteiger partial charge in [0.25, 0.3) is 0 Å². The topological polar surface area (TPSA) is 31.2 Å². The molecule has 3 heteroatoms. The quantitative estimate of drug-likeness (QED) is 0.210. The normalized spacial score (nSPS) is 12.0. The fourth-order valence-electron chi connectivity index (χ4n) is 7.05. The van der Waals surface area contributed by atoms with E-state index in [9.17, 15) is 0 Å². The lowest BCUT2D eigenvalue weighted by atomic mass is 10.0. The molecule has 0 bridgehead atoms. The van der Waals surface area contributed by atoms with Crippen molar-refractivity contribution in [2.24, 2.45) is 0 Å². The van der Waals surface area contributed by atoms with Gasteiger partial charge in [0.2, 0.25) is 0 Å². The van der Waals surface area contributed by atoms with Crippen molar-refractivity contribution in [3.8, 4) is 27.9 Å². The Morgan fingerprint density at radius 1 is 0.311 bits per heavy atom. The van der Waals surface area contributed by atoms with Crippen molar-refractivity contribution >= 4 is 65.7 Å².